The SMILES string of the molecule is Oc1ccc(O)c(Cn2nnc3ncc(N4CC[C@@H](N5CCOCC5)C4)nc32)c1. The second-order valence-corrected chi connectivity index (χ2v) is 7.47. The van der Waals surface area contributed by atoms with Gasteiger partial charge in [-0.3, -0.25) is 4.90 Å². The fraction of sp³-hybridized carbons (Fsp3) is 0.474. The average Bonchev–Trinajstić information content (AvgIpc) is 3.39. The van der Waals surface area contributed by atoms with E-state index in [1.165, 1.54) is 18.2 Å². The first-order valence-corrected chi connectivity index (χ1v) is 9.81. The standard InChI is InChI=1S/C19H23N7O3/c27-15-1-2-16(28)13(9-15)11-26-19-18(22-23-26)20-10-17(21-19)25-4-3-14(12-25)24-5-7-29-8-6-24/h1-2,9-10,14,27-28H,3-8,11-12H2/t14-/m1/s1. The fourth-order valence-corrected chi connectivity index (χ4v) is 4.06. The molecule has 1 aromatic carbocycles. The van der Waals surface area contributed by atoms with Crippen LogP contribution in [0.4, 0.5) is 5.82 Å². The quantitative estimate of drug-likeness (QED) is 0.611. The summed E-state index contributed by atoms with van der Waals surface area (Å²) in [7, 11) is 0. The minimum atomic E-state index is 0.0835. The number of hydrogen-bond donors (Lipinski definition) is 2. The number of nitrogens with zero attached hydrogens (tertiary/aromatic N) is 7. The van der Waals surface area contributed by atoms with Gasteiger partial charge in [0.25, 0.3) is 0 Å². The maximum atomic E-state index is 10.1. The summed E-state index contributed by atoms with van der Waals surface area (Å²) in [6.07, 6.45) is 2.84. The molecule has 0 unspecified atom stereocenters. The first-order chi connectivity index (χ1) is 14.2. The maximum absolute atomic E-state index is 10.1. The first-order valence-electron chi connectivity index (χ1n) is 9.81. The van der Waals surface area contributed by atoms with Crippen molar-refractivity contribution in [3.05, 3.63) is 30.0 Å². The normalized spacial score (nSPS) is 20.6. The van der Waals surface area contributed by atoms with Crippen LogP contribution in [0, 0.1) is 0 Å². The molecule has 3 aromatic rings. The van der Waals surface area contributed by atoms with Crippen molar-refractivity contribution in [3.8, 4) is 11.5 Å². The molecule has 0 bridgehead atoms. The third-order valence-corrected chi connectivity index (χ3v) is 5.65. The van der Waals surface area contributed by atoms with Gasteiger partial charge in [-0.05, 0) is 24.6 Å². The molecule has 0 aliphatic carbocycles. The molecule has 10 heteroatoms. The molecule has 4 heterocycles. The Balaban J connectivity index is 1.37. The second kappa shape index (κ2) is 7.45. The number of aromatic nitrogens is 5. The minimum absolute atomic E-state index is 0.0835. The zero-order valence-electron chi connectivity index (χ0n) is 16.0. The second-order valence-electron chi connectivity index (χ2n) is 7.47. The maximum Gasteiger partial charge on any atom is 0.221 e. The highest BCUT2D eigenvalue weighted by Crippen LogP contribution is 2.25. The molecule has 2 aromatic heterocycles. The van der Waals surface area contributed by atoms with E-state index < -0.39 is 0 Å². The topological polar surface area (TPSA) is 113 Å². The number of hydrogen-bond acceptors (Lipinski definition) is 9. The first kappa shape index (κ1) is 18.1. The summed E-state index contributed by atoms with van der Waals surface area (Å²) in [5, 5.41) is 28.0. The number of ether oxygens (including phenoxy) is 1. The molecular formula is C19H23N7O3. The molecule has 2 saturated heterocycles. The van der Waals surface area contributed by atoms with Crippen LogP contribution in [0.3, 0.4) is 0 Å². The molecule has 1 atom stereocenters. The van der Waals surface area contributed by atoms with Crippen molar-refractivity contribution in [2.75, 3.05) is 44.3 Å². The molecule has 0 amide bonds. The number of fused-ring (bicyclic) bond motifs is 1. The Morgan fingerprint density at radius 2 is 2.00 bits per heavy atom. The van der Waals surface area contributed by atoms with E-state index in [2.05, 4.69) is 25.1 Å². The monoisotopic (exact) mass is 397 g/mol. The van der Waals surface area contributed by atoms with E-state index in [1.807, 2.05) is 0 Å². The molecule has 5 rings (SSSR count). The highest BCUT2D eigenvalue weighted by Gasteiger charge is 2.29. The Morgan fingerprint density at radius 3 is 2.86 bits per heavy atom. The van der Waals surface area contributed by atoms with Crippen LogP contribution in [0.25, 0.3) is 11.3 Å². The van der Waals surface area contributed by atoms with E-state index in [9.17, 15) is 10.2 Å². The van der Waals surface area contributed by atoms with Crippen LogP contribution in [-0.4, -0.2) is 85.5 Å². The summed E-state index contributed by atoms with van der Waals surface area (Å²) in [6.45, 7) is 5.64. The largest absolute Gasteiger partial charge is 0.508 e. The Labute approximate surface area is 167 Å². The third kappa shape index (κ3) is 3.56. The highest BCUT2D eigenvalue weighted by molar-refractivity contribution is 5.67. The number of phenols is 2. The number of anilines is 1. The Hall–Kier alpha value is -2.98. The van der Waals surface area contributed by atoms with Gasteiger partial charge in [-0.25, -0.2) is 14.6 Å². The predicted molar refractivity (Wildman–Crippen MR) is 105 cm³/mol. The summed E-state index contributed by atoms with van der Waals surface area (Å²) >= 11 is 0. The van der Waals surface area contributed by atoms with Crippen LogP contribution in [0.15, 0.2) is 24.4 Å². The van der Waals surface area contributed by atoms with Gasteiger partial charge in [-0.15, -0.1) is 5.10 Å². The Bertz CT molecular complexity index is 1020. The number of morpholine rings is 1. The zero-order chi connectivity index (χ0) is 19.8. The zero-order valence-corrected chi connectivity index (χ0v) is 16.0. The number of phenolic OH excluding ortho intramolecular Hbond substituents is 2. The van der Waals surface area contributed by atoms with Crippen LogP contribution in [-0.2, 0) is 11.3 Å². The lowest BCUT2D eigenvalue weighted by Gasteiger charge is -2.32. The van der Waals surface area contributed by atoms with Gasteiger partial charge in [0.2, 0.25) is 5.65 Å². The third-order valence-electron chi connectivity index (χ3n) is 5.65. The summed E-state index contributed by atoms with van der Waals surface area (Å²) < 4.78 is 7.05. The van der Waals surface area contributed by atoms with Crippen LogP contribution in [0.2, 0.25) is 0 Å². The molecule has 0 radical (unpaired) electrons. The molecule has 0 spiro atoms. The molecule has 0 saturated carbocycles. The van der Waals surface area contributed by atoms with Crippen molar-refractivity contribution >= 4 is 17.1 Å². The van der Waals surface area contributed by atoms with Gasteiger partial charge in [0.15, 0.2) is 5.65 Å². The molecule has 2 aliphatic rings. The number of aromatic hydroxyl groups is 2. The van der Waals surface area contributed by atoms with Crippen LogP contribution in [0.5, 0.6) is 11.5 Å². The van der Waals surface area contributed by atoms with Gasteiger partial charge in [-0.2, -0.15) is 0 Å². The predicted octanol–water partition coefficient (Wildman–Crippen LogP) is 0.592. The average molecular weight is 397 g/mol. The summed E-state index contributed by atoms with van der Waals surface area (Å²) in [4.78, 5) is 13.9. The highest BCUT2D eigenvalue weighted by atomic mass is 16.5. The summed E-state index contributed by atoms with van der Waals surface area (Å²) in [5.74, 6) is 0.973. The number of benzene rings is 1. The van der Waals surface area contributed by atoms with Gasteiger partial charge in [0.1, 0.15) is 17.3 Å². The lowest BCUT2D eigenvalue weighted by molar-refractivity contribution is 0.0209. The lowest BCUT2D eigenvalue weighted by atomic mass is 10.2. The minimum Gasteiger partial charge on any atom is -0.508 e. The van der Waals surface area contributed by atoms with E-state index in [0.29, 0.717) is 22.9 Å². The van der Waals surface area contributed by atoms with Gasteiger partial charge in [-0.1, -0.05) is 5.21 Å². The Morgan fingerprint density at radius 1 is 1.14 bits per heavy atom. The van der Waals surface area contributed by atoms with Crippen molar-refractivity contribution < 1.29 is 14.9 Å². The fourth-order valence-electron chi connectivity index (χ4n) is 4.06. The molecule has 29 heavy (non-hydrogen) atoms. The van der Waals surface area contributed by atoms with Crippen molar-refractivity contribution in [2.24, 2.45) is 0 Å². The van der Waals surface area contributed by atoms with Crippen LogP contribution < -0.4 is 4.90 Å². The number of rotatable bonds is 4. The van der Waals surface area contributed by atoms with E-state index in [0.717, 1.165) is 51.6 Å². The van der Waals surface area contributed by atoms with Crippen LogP contribution >= 0.6 is 0 Å². The van der Waals surface area contributed by atoms with Crippen LogP contribution in [0.1, 0.15) is 12.0 Å². The molecule has 2 aliphatic heterocycles. The van der Waals surface area contributed by atoms with Gasteiger partial charge >= 0.3 is 0 Å². The molecule has 10 nitrogen and oxygen atoms in total. The van der Waals surface area contributed by atoms with Gasteiger partial charge in [0, 0.05) is 37.8 Å². The Kier molecular flexibility index (Phi) is 4.64. The van der Waals surface area contributed by atoms with E-state index in [1.54, 1.807) is 10.9 Å². The summed E-state index contributed by atoms with van der Waals surface area (Å²) in [6, 6.07) is 4.91. The van der Waals surface area contributed by atoms with E-state index in [-0.39, 0.29) is 18.0 Å². The molecule has 152 valence electrons. The van der Waals surface area contributed by atoms with Crippen molar-refractivity contribution in [1.82, 2.24) is 29.9 Å². The van der Waals surface area contributed by atoms with E-state index in [4.69, 9.17) is 9.72 Å². The molecule has 2 fully saturated rings. The lowest BCUT2D eigenvalue weighted by Crippen LogP contribution is -2.44. The molecular weight excluding hydrogens is 374 g/mol. The smallest absolute Gasteiger partial charge is 0.221 e. The van der Waals surface area contributed by atoms with Crippen molar-refractivity contribution in [3.63, 3.8) is 0 Å². The van der Waals surface area contributed by atoms with E-state index >= 15 is 0 Å². The van der Waals surface area contributed by atoms with Gasteiger partial charge in [0.05, 0.1) is 26.0 Å². The summed E-state index contributed by atoms with van der Waals surface area (Å²) in [5.41, 5.74) is 1.55. The van der Waals surface area contributed by atoms with Crippen molar-refractivity contribution in [1.29, 1.82) is 0 Å². The molecule has 2 N–H and O–H groups in total. The van der Waals surface area contributed by atoms with Crippen molar-refractivity contribution in [2.45, 2.75) is 19.0 Å². The van der Waals surface area contributed by atoms with Gasteiger partial charge < -0.3 is 19.8 Å².